The van der Waals surface area contributed by atoms with Gasteiger partial charge in [-0.1, -0.05) is 0 Å². The summed E-state index contributed by atoms with van der Waals surface area (Å²) in [6.07, 6.45) is 0. The van der Waals surface area contributed by atoms with Crippen molar-refractivity contribution in [3.63, 3.8) is 0 Å². The van der Waals surface area contributed by atoms with E-state index in [4.69, 9.17) is 13.8 Å². The number of hydrogen-bond acceptors (Lipinski definition) is 3. The van der Waals surface area contributed by atoms with Gasteiger partial charge in [0.1, 0.15) is 0 Å². The second-order valence-electron chi connectivity index (χ2n) is 3.18. The normalized spacial score (nSPS) is 35.6. The molecule has 0 saturated heterocycles. The summed E-state index contributed by atoms with van der Waals surface area (Å²) in [6.45, 7) is 1.77. The molecule has 0 aliphatic heterocycles. The summed E-state index contributed by atoms with van der Waals surface area (Å²) >= 11 is -1.55. The molecule has 0 radical (unpaired) electrons. The van der Waals surface area contributed by atoms with Gasteiger partial charge in [0.15, 0.2) is 0 Å². The number of rotatable bonds is 3. The molecule has 0 spiro atoms. The first-order valence-corrected chi connectivity index (χ1v) is 13.8. The van der Waals surface area contributed by atoms with E-state index in [9.17, 15) is 4.79 Å². The van der Waals surface area contributed by atoms with E-state index in [2.05, 4.69) is 14.8 Å². The zero-order valence-corrected chi connectivity index (χ0v) is 13.7. The molecule has 1 saturated carbocycles. The first kappa shape index (κ1) is 11.1. The molecule has 0 aromatic heterocycles. The van der Waals surface area contributed by atoms with Crippen molar-refractivity contribution in [2.45, 2.75) is 15.9 Å². The van der Waals surface area contributed by atoms with Gasteiger partial charge in [-0.2, -0.15) is 0 Å². The predicted octanol–water partition coefficient (Wildman–Crippen LogP) is 1.88. The minimum atomic E-state index is -1.55. The van der Waals surface area contributed by atoms with Crippen LogP contribution < -0.4 is 0 Å². The van der Waals surface area contributed by atoms with Gasteiger partial charge in [0, 0.05) is 0 Å². The maximum absolute atomic E-state index is 11.2. The zero-order valence-electron chi connectivity index (χ0n) is 7.40. The molecule has 0 aromatic carbocycles. The van der Waals surface area contributed by atoms with Crippen molar-refractivity contribution in [1.29, 1.82) is 0 Å². The molecule has 13 heavy (non-hydrogen) atoms. The van der Waals surface area contributed by atoms with Gasteiger partial charge < -0.3 is 0 Å². The van der Waals surface area contributed by atoms with Crippen LogP contribution in [0.5, 0.6) is 0 Å². The number of ether oxygens (including phenoxy) is 1. The standard InChI is InChI=1S/C6H8N3O2.ClH.Hg/c1-6(8-9-7)3-4(6)5(10)11-2;;/h3-4H,1-2H3;1H;/q;;+1/p-1/t4-,6+;;/m1../s1. The van der Waals surface area contributed by atoms with Crippen LogP contribution in [-0.2, 0) is 32.9 Å². The number of hydrogen-bond donors (Lipinski definition) is 0. The molecule has 0 bridgehead atoms. The van der Waals surface area contributed by atoms with Crippen LogP contribution in [0.3, 0.4) is 0 Å². The fourth-order valence-electron chi connectivity index (χ4n) is 1.59. The van der Waals surface area contributed by atoms with Crippen molar-refractivity contribution in [2.24, 2.45) is 11.0 Å². The molecule has 0 unspecified atom stereocenters. The van der Waals surface area contributed by atoms with Gasteiger partial charge in [-0.05, 0) is 0 Å². The van der Waals surface area contributed by atoms with E-state index < -0.39 is 28.9 Å². The van der Waals surface area contributed by atoms with Crippen molar-refractivity contribution in [2.75, 3.05) is 7.11 Å². The molecule has 0 aromatic rings. The van der Waals surface area contributed by atoms with E-state index in [0.29, 0.717) is 0 Å². The van der Waals surface area contributed by atoms with Crippen LogP contribution in [0.1, 0.15) is 6.92 Å². The molecule has 1 aliphatic rings. The predicted molar refractivity (Wildman–Crippen MR) is 42.7 cm³/mol. The molecule has 1 fully saturated rings. The van der Waals surface area contributed by atoms with Crippen LogP contribution in [0.15, 0.2) is 5.11 Å². The number of esters is 1. The second-order valence-corrected chi connectivity index (χ2v) is 10.5. The van der Waals surface area contributed by atoms with Gasteiger partial charge in [0.25, 0.3) is 0 Å². The molecule has 5 nitrogen and oxygen atoms in total. The second kappa shape index (κ2) is 4.03. The topological polar surface area (TPSA) is 75.1 Å². The SMILES string of the molecule is COC(=O)[C@H]1[C@H]([Hg][Cl])[C@]1(C)N=[N+]=[N-]. The van der Waals surface area contributed by atoms with Crippen LogP contribution in [0.4, 0.5) is 0 Å². The molecular formula is C6H8ClHgN3O2. The van der Waals surface area contributed by atoms with Crippen LogP contribution in [0.25, 0.3) is 10.4 Å². The van der Waals surface area contributed by atoms with Crippen molar-refractivity contribution >= 4 is 14.2 Å². The van der Waals surface area contributed by atoms with E-state index in [0.717, 1.165) is 0 Å². The Morgan fingerprint density at radius 2 is 2.46 bits per heavy atom. The molecule has 7 heteroatoms. The van der Waals surface area contributed by atoms with Crippen LogP contribution in [-0.4, -0.2) is 18.6 Å². The number of carbonyl (C=O) groups is 1. The first-order valence-electron chi connectivity index (χ1n) is 3.81. The van der Waals surface area contributed by atoms with Crippen molar-refractivity contribution < 1.29 is 32.9 Å². The van der Waals surface area contributed by atoms with E-state index in [1.807, 2.05) is 0 Å². The molecule has 1 aliphatic carbocycles. The van der Waals surface area contributed by atoms with Gasteiger partial charge in [-0.3, -0.25) is 0 Å². The number of methoxy groups -OCH3 is 1. The Balaban J connectivity index is 2.80. The molecule has 68 valence electrons. The Hall–Kier alpha value is 0.00506. The first-order chi connectivity index (χ1) is 6.11. The Bertz CT molecular complexity index is 281. The third-order valence-corrected chi connectivity index (χ3v) is 11.8. The molecule has 1 rings (SSSR count). The van der Waals surface area contributed by atoms with Crippen LogP contribution in [0.2, 0.25) is 3.43 Å². The average molecular weight is 390 g/mol. The number of azide groups is 1. The summed E-state index contributed by atoms with van der Waals surface area (Å²) < 4.78 is 4.73. The average Bonchev–Trinajstić information content (AvgIpc) is 2.70. The van der Waals surface area contributed by atoms with E-state index in [-0.39, 0.29) is 15.3 Å². The summed E-state index contributed by atoms with van der Waals surface area (Å²) in [5, 5.41) is 3.62. The van der Waals surface area contributed by atoms with Crippen molar-refractivity contribution in [3.05, 3.63) is 10.4 Å². The van der Waals surface area contributed by atoms with Gasteiger partial charge in [0.05, 0.1) is 0 Å². The van der Waals surface area contributed by atoms with Crippen LogP contribution >= 0.6 is 8.25 Å². The fraction of sp³-hybridized carbons (Fsp3) is 0.833. The van der Waals surface area contributed by atoms with Crippen LogP contribution in [0, 0.1) is 5.92 Å². The van der Waals surface area contributed by atoms with E-state index >= 15 is 0 Å². The fourth-order valence-corrected chi connectivity index (χ4v) is 11.2. The Labute approximate surface area is 91.3 Å². The molecular weight excluding hydrogens is 382 g/mol. The number of carbonyl (C=O) groups excluding carboxylic acids is 1. The van der Waals surface area contributed by atoms with Crippen molar-refractivity contribution in [3.8, 4) is 0 Å². The van der Waals surface area contributed by atoms with Gasteiger partial charge >= 0.3 is 91.6 Å². The Morgan fingerprint density at radius 3 is 2.85 bits per heavy atom. The third kappa shape index (κ3) is 1.78. The van der Waals surface area contributed by atoms with E-state index in [1.165, 1.54) is 7.11 Å². The summed E-state index contributed by atoms with van der Waals surface area (Å²) in [5.41, 5.74) is 7.72. The summed E-state index contributed by atoms with van der Waals surface area (Å²) in [7, 11) is 7.18. The molecule has 0 heterocycles. The monoisotopic (exact) mass is 391 g/mol. The minimum absolute atomic E-state index is 0.123. The van der Waals surface area contributed by atoms with E-state index in [1.54, 1.807) is 6.92 Å². The number of nitrogens with zero attached hydrogens (tertiary/aromatic N) is 3. The number of halogens is 1. The summed E-state index contributed by atoms with van der Waals surface area (Å²) in [4.78, 5) is 13.9. The maximum atomic E-state index is 11.2. The van der Waals surface area contributed by atoms with Crippen molar-refractivity contribution in [1.82, 2.24) is 0 Å². The zero-order chi connectivity index (χ0) is 10.1. The van der Waals surface area contributed by atoms with Gasteiger partial charge in [0.2, 0.25) is 0 Å². The Kier molecular flexibility index (Phi) is 3.43. The Morgan fingerprint density at radius 1 is 1.85 bits per heavy atom. The molecule has 0 N–H and O–H groups in total. The third-order valence-electron chi connectivity index (χ3n) is 2.56. The quantitative estimate of drug-likeness (QED) is 0.243. The summed E-state index contributed by atoms with van der Waals surface area (Å²) in [5.74, 6) is -0.590. The summed E-state index contributed by atoms with van der Waals surface area (Å²) in [6, 6.07) is 0. The molecule has 3 atom stereocenters. The van der Waals surface area contributed by atoms with Gasteiger partial charge in [-0.25, -0.2) is 0 Å². The molecule has 0 amide bonds. The van der Waals surface area contributed by atoms with Gasteiger partial charge in [-0.15, -0.1) is 0 Å².